The number of halogens is 1. The predicted octanol–water partition coefficient (Wildman–Crippen LogP) is 1.83. The number of piperazine rings is 1. The molecule has 3 rings (SSSR count). The molecule has 7 heteroatoms. The van der Waals surface area contributed by atoms with Crippen LogP contribution >= 0.6 is 0 Å². The molecule has 1 atom stereocenters. The molecule has 27 heavy (non-hydrogen) atoms. The molecule has 1 saturated heterocycles. The summed E-state index contributed by atoms with van der Waals surface area (Å²) in [5, 5.41) is 5.89. The van der Waals surface area contributed by atoms with E-state index in [4.69, 9.17) is 0 Å². The van der Waals surface area contributed by atoms with Gasteiger partial charge in [-0.2, -0.15) is 0 Å². The lowest BCUT2D eigenvalue weighted by Gasteiger charge is -2.37. The summed E-state index contributed by atoms with van der Waals surface area (Å²) in [4.78, 5) is 28.8. The summed E-state index contributed by atoms with van der Waals surface area (Å²) >= 11 is 0. The highest BCUT2D eigenvalue weighted by atomic mass is 19.1. The van der Waals surface area contributed by atoms with E-state index in [0.29, 0.717) is 18.3 Å². The molecular formula is C20H29FN4O2. The molecule has 148 valence electrons. The number of hydrogen-bond acceptors (Lipinski definition) is 4. The number of nitrogens with one attached hydrogen (secondary N) is 2. The lowest BCUT2D eigenvalue weighted by atomic mass is 10.2. The van der Waals surface area contributed by atoms with E-state index in [0.717, 1.165) is 39.0 Å². The van der Waals surface area contributed by atoms with Crippen LogP contribution in [0.15, 0.2) is 24.3 Å². The quantitative estimate of drug-likeness (QED) is 0.795. The Labute approximate surface area is 160 Å². The molecule has 1 aromatic carbocycles. The van der Waals surface area contributed by atoms with Crippen molar-refractivity contribution in [1.82, 2.24) is 15.1 Å². The van der Waals surface area contributed by atoms with Crippen LogP contribution in [-0.2, 0) is 9.59 Å². The van der Waals surface area contributed by atoms with Crippen LogP contribution in [0.4, 0.5) is 10.1 Å². The molecule has 1 aliphatic heterocycles. The summed E-state index contributed by atoms with van der Waals surface area (Å²) in [6.45, 7) is 5.26. The maximum absolute atomic E-state index is 13.2. The fourth-order valence-electron chi connectivity index (χ4n) is 3.83. The molecule has 0 aromatic heterocycles. The Morgan fingerprint density at radius 1 is 1.19 bits per heavy atom. The summed E-state index contributed by atoms with van der Waals surface area (Å²) in [6.07, 6.45) is 4.60. The molecule has 0 radical (unpaired) electrons. The van der Waals surface area contributed by atoms with Gasteiger partial charge in [0.1, 0.15) is 5.82 Å². The minimum absolute atomic E-state index is 0.104. The Hall–Kier alpha value is -1.99. The van der Waals surface area contributed by atoms with E-state index in [1.165, 1.54) is 25.0 Å². The van der Waals surface area contributed by atoms with Gasteiger partial charge in [-0.05, 0) is 38.0 Å². The number of benzene rings is 1. The van der Waals surface area contributed by atoms with Gasteiger partial charge >= 0.3 is 0 Å². The largest absolute Gasteiger partial charge is 0.352 e. The van der Waals surface area contributed by atoms with Gasteiger partial charge in [0.15, 0.2) is 0 Å². The zero-order valence-corrected chi connectivity index (χ0v) is 15.9. The van der Waals surface area contributed by atoms with E-state index in [2.05, 4.69) is 20.4 Å². The lowest BCUT2D eigenvalue weighted by Crippen LogP contribution is -2.54. The van der Waals surface area contributed by atoms with Gasteiger partial charge in [0.05, 0.1) is 12.6 Å². The first-order valence-electron chi connectivity index (χ1n) is 9.83. The number of hydrogen-bond donors (Lipinski definition) is 2. The number of carbonyl (C=O) groups is 2. The maximum atomic E-state index is 13.2. The zero-order chi connectivity index (χ0) is 19.2. The highest BCUT2D eigenvalue weighted by Crippen LogP contribution is 2.17. The molecule has 0 bridgehead atoms. The van der Waals surface area contributed by atoms with Gasteiger partial charge in [0.25, 0.3) is 0 Å². The fourth-order valence-corrected chi connectivity index (χ4v) is 3.83. The van der Waals surface area contributed by atoms with Crippen molar-refractivity contribution in [2.24, 2.45) is 0 Å². The van der Waals surface area contributed by atoms with Crippen molar-refractivity contribution in [3.8, 4) is 0 Å². The van der Waals surface area contributed by atoms with Crippen LogP contribution in [-0.4, -0.2) is 66.4 Å². The van der Waals surface area contributed by atoms with E-state index in [9.17, 15) is 14.0 Å². The third-order valence-electron chi connectivity index (χ3n) is 5.51. The Morgan fingerprint density at radius 3 is 2.56 bits per heavy atom. The molecule has 2 amide bonds. The second kappa shape index (κ2) is 9.28. The minimum Gasteiger partial charge on any atom is -0.352 e. The van der Waals surface area contributed by atoms with Crippen molar-refractivity contribution in [3.63, 3.8) is 0 Å². The first-order chi connectivity index (χ1) is 13.0. The Bertz CT molecular complexity index is 655. The van der Waals surface area contributed by atoms with E-state index in [-0.39, 0.29) is 23.7 Å². The third kappa shape index (κ3) is 5.74. The monoisotopic (exact) mass is 376 g/mol. The molecular weight excluding hydrogens is 347 g/mol. The van der Waals surface area contributed by atoms with Crippen molar-refractivity contribution in [1.29, 1.82) is 0 Å². The fraction of sp³-hybridized carbons (Fsp3) is 0.600. The van der Waals surface area contributed by atoms with Crippen LogP contribution in [0.25, 0.3) is 0 Å². The van der Waals surface area contributed by atoms with Crippen molar-refractivity contribution < 1.29 is 14.0 Å². The molecule has 2 aliphatic rings. The van der Waals surface area contributed by atoms with Crippen LogP contribution in [0.2, 0.25) is 0 Å². The zero-order valence-electron chi connectivity index (χ0n) is 15.9. The van der Waals surface area contributed by atoms with Gasteiger partial charge in [-0.1, -0.05) is 18.9 Å². The number of anilines is 1. The highest BCUT2D eigenvalue weighted by molar-refractivity contribution is 5.94. The summed E-state index contributed by atoms with van der Waals surface area (Å²) in [5.74, 6) is -0.412. The van der Waals surface area contributed by atoms with Crippen LogP contribution in [0.1, 0.15) is 32.6 Å². The van der Waals surface area contributed by atoms with Gasteiger partial charge in [-0.15, -0.1) is 0 Å². The predicted molar refractivity (Wildman–Crippen MR) is 103 cm³/mol. The lowest BCUT2D eigenvalue weighted by molar-refractivity contribution is -0.125. The molecule has 0 spiro atoms. The second-order valence-electron chi connectivity index (χ2n) is 7.54. The normalized spacial score (nSPS) is 20.4. The Morgan fingerprint density at radius 2 is 1.89 bits per heavy atom. The maximum Gasteiger partial charge on any atom is 0.241 e. The van der Waals surface area contributed by atoms with Crippen LogP contribution in [0.5, 0.6) is 0 Å². The van der Waals surface area contributed by atoms with Gasteiger partial charge in [-0.3, -0.25) is 19.4 Å². The average molecular weight is 376 g/mol. The van der Waals surface area contributed by atoms with Crippen LogP contribution < -0.4 is 10.6 Å². The highest BCUT2D eigenvalue weighted by Gasteiger charge is 2.27. The van der Waals surface area contributed by atoms with E-state index < -0.39 is 0 Å². The van der Waals surface area contributed by atoms with Crippen LogP contribution in [0, 0.1) is 5.82 Å². The second-order valence-corrected chi connectivity index (χ2v) is 7.54. The summed E-state index contributed by atoms with van der Waals surface area (Å²) in [7, 11) is 0. The van der Waals surface area contributed by atoms with Crippen molar-refractivity contribution in [2.75, 3.05) is 38.0 Å². The van der Waals surface area contributed by atoms with Crippen molar-refractivity contribution >= 4 is 17.5 Å². The van der Waals surface area contributed by atoms with E-state index >= 15 is 0 Å². The van der Waals surface area contributed by atoms with Gasteiger partial charge in [0, 0.05) is 37.9 Å². The number of rotatable bonds is 6. The van der Waals surface area contributed by atoms with Crippen molar-refractivity contribution in [3.05, 3.63) is 30.1 Å². The standard InChI is InChI=1S/C20H29FN4O2/c1-15(20(27)23-18-8-4-5-16(21)13-18)25-11-9-24(10-12-25)14-19(26)22-17-6-2-3-7-17/h4-5,8,13,15,17H,2-3,6-7,9-12,14H2,1H3,(H,22,26)(H,23,27). The topological polar surface area (TPSA) is 64.7 Å². The SMILES string of the molecule is CC(C(=O)Nc1cccc(F)c1)N1CCN(CC(=O)NC2CCCC2)CC1. The average Bonchev–Trinajstić information content (AvgIpc) is 3.14. The first-order valence-corrected chi connectivity index (χ1v) is 9.83. The summed E-state index contributed by atoms with van der Waals surface area (Å²) in [5.41, 5.74) is 0.467. The van der Waals surface area contributed by atoms with Gasteiger partial charge < -0.3 is 10.6 Å². The summed E-state index contributed by atoms with van der Waals surface area (Å²) in [6, 6.07) is 5.96. The smallest absolute Gasteiger partial charge is 0.241 e. The number of nitrogens with zero attached hydrogens (tertiary/aromatic N) is 2. The van der Waals surface area contributed by atoms with Gasteiger partial charge in [-0.25, -0.2) is 4.39 Å². The van der Waals surface area contributed by atoms with Crippen LogP contribution in [0.3, 0.4) is 0 Å². The van der Waals surface area contributed by atoms with Gasteiger partial charge in [0.2, 0.25) is 11.8 Å². The molecule has 2 N–H and O–H groups in total. The third-order valence-corrected chi connectivity index (χ3v) is 5.51. The molecule has 1 aliphatic carbocycles. The van der Waals surface area contributed by atoms with E-state index in [1.807, 2.05) is 6.92 Å². The van der Waals surface area contributed by atoms with E-state index in [1.54, 1.807) is 12.1 Å². The molecule has 1 aromatic rings. The Kier molecular flexibility index (Phi) is 6.79. The molecule has 1 saturated carbocycles. The molecule has 2 fully saturated rings. The Balaban J connectivity index is 1.41. The molecule has 1 unspecified atom stereocenters. The van der Waals surface area contributed by atoms with Crippen molar-refractivity contribution in [2.45, 2.75) is 44.7 Å². The molecule has 1 heterocycles. The number of carbonyl (C=O) groups excluding carboxylic acids is 2. The minimum atomic E-state index is -0.370. The first kappa shape index (κ1) is 19.8. The molecule has 6 nitrogen and oxygen atoms in total. The summed E-state index contributed by atoms with van der Waals surface area (Å²) < 4.78 is 13.2. The number of amides is 2.